The van der Waals surface area contributed by atoms with Gasteiger partial charge in [-0.3, -0.25) is 4.98 Å². The summed E-state index contributed by atoms with van der Waals surface area (Å²) in [5, 5.41) is 10.4. The number of hydrogen-bond donors (Lipinski definition) is 0. The highest BCUT2D eigenvalue weighted by molar-refractivity contribution is 5.98. The van der Waals surface area contributed by atoms with Gasteiger partial charge in [-0.15, -0.1) is 0 Å². The van der Waals surface area contributed by atoms with E-state index >= 15 is 0 Å². The summed E-state index contributed by atoms with van der Waals surface area (Å²) in [6.07, 6.45) is 1.73. The molecule has 1 heterocycles. The highest BCUT2D eigenvalue weighted by atomic mass is 16.5. The summed E-state index contributed by atoms with van der Waals surface area (Å²) >= 11 is 0. The smallest absolute Gasteiger partial charge is 0.178 e. The molecule has 0 aliphatic rings. The Balaban J connectivity index is 2.31. The van der Waals surface area contributed by atoms with Crippen LogP contribution in [0.15, 0.2) is 42.6 Å². The van der Waals surface area contributed by atoms with Crippen molar-refractivity contribution in [2.75, 3.05) is 21.3 Å². The van der Waals surface area contributed by atoms with Crippen LogP contribution in [0.4, 0.5) is 0 Å². The molecule has 0 bridgehead atoms. The number of nitriles is 1. The van der Waals surface area contributed by atoms with E-state index < -0.39 is 0 Å². The first-order valence-corrected chi connectivity index (χ1v) is 7.31. The first kappa shape index (κ1) is 15.6. The van der Waals surface area contributed by atoms with Crippen molar-refractivity contribution < 1.29 is 14.2 Å². The van der Waals surface area contributed by atoms with Crippen LogP contribution >= 0.6 is 0 Å². The third kappa shape index (κ3) is 2.48. The molecule has 1 aromatic heterocycles. The summed E-state index contributed by atoms with van der Waals surface area (Å²) in [4.78, 5) is 4.41. The Morgan fingerprint density at radius 2 is 1.75 bits per heavy atom. The van der Waals surface area contributed by atoms with Gasteiger partial charge in [-0.05, 0) is 41.5 Å². The maximum atomic E-state index is 9.42. The molecule has 0 N–H and O–H groups in total. The third-order valence-corrected chi connectivity index (χ3v) is 3.86. The second-order valence-corrected chi connectivity index (χ2v) is 5.09. The van der Waals surface area contributed by atoms with Crippen molar-refractivity contribution in [2.45, 2.75) is 0 Å². The quantitative estimate of drug-likeness (QED) is 0.731. The predicted molar refractivity (Wildman–Crippen MR) is 91.6 cm³/mol. The summed E-state index contributed by atoms with van der Waals surface area (Å²) in [6.45, 7) is 0. The van der Waals surface area contributed by atoms with Crippen molar-refractivity contribution in [3.63, 3.8) is 0 Å². The maximum absolute atomic E-state index is 9.42. The fourth-order valence-electron chi connectivity index (χ4n) is 2.77. The fraction of sp³-hybridized carbons (Fsp3) is 0.158. The zero-order chi connectivity index (χ0) is 17.1. The van der Waals surface area contributed by atoms with E-state index in [0.717, 1.165) is 22.0 Å². The van der Waals surface area contributed by atoms with Gasteiger partial charge in [0.05, 0.1) is 26.9 Å². The predicted octanol–water partition coefficient (Wildman–Crippen LogP) is 3.80. The van der Waals surface area contributed by atoms with Gasteiger partial charge in [-0.2, -0.15) is 5.26 Å². The summed E-state index contributed by atoms with van der Waals surface area (Å²) in [6, 6.07) is 13.5. The molecule has 0 spiro atoms. The molecule has 120 valence electrons. The molecule has 0 atom stereocenters. The Morgan fingerprint density at radius 1 is 0.958 bits per heavy atom. The third-order valence-electron chi connectivity index (χ3n) is 3.86. The molecule has 0 saturated carbocycles. The topological polar surface area (TPSA) is 64.4 Å². The molecule has 3 rings (SSSR count). The highest BCUT2D eigenvalue weighted by Gasteiger charge is 2.15. The molecule has 24 heavy (non-hydrogen) atoms. The summed E-state index contributed by atoms with van der Waals surface area (Å²) in [5.41, 5.74) is 2.98. The molecule has 3 aromatic rings. The lowest BCUT2D eigenvalue weighted by molar-refractivity contribution is 0.354. The summed E-state index contributed by atoms with van der Waals surface area (Å²) in [7, 11) is 4.69. The lowest BCUT2D eigenvalue weighted by Crippen LogP contribution is -1.95. The number of nitrogens with zero attached hydrogens (tertiary/aromatic N) is 2. The van der Waals surface area contributed by atoms with E-state index in [2.05, 4.69) is 11.1 Å². The summed E-state index contributed by atoms with van der Waals surface area (Å²) < 4.78 is 16.1. The van der Waals surface area contributed by atoms with Crippen molar-refractivity contribution in [2.24, 2.45) is 0 Å². The Labute approximate surface area is 140 Å². The summed E-state index contributed by atoms with van der Waals surface area (Å²) in [5.74, 6) is 1.65. The van der Waals surface area contributed by atoms with Gasteiger partial charge in [-0.25, -0.2) is 0 Å². The number of aromatic nitrogens is 1. The molecule has 0 amide bonds. The number of ether oxygens (including phenoxy) is 3. The largest absolute Gasteiger partial charge is 0.494 e. The number of hydrogen-bond acceptors (Lipinski definition) is 5. The van der Waals surface area contributed by atoms with Gasteiger partial charge in [-0.1, -0.05) is 6.07 Å². The van der Waals surface area contributed by atoms with Crippen LogP contribution in [0, 0.1) is 11.3 Å². The highest BCUT2D eigenvalue weighted by Crippen LogP contribution is 2.39. The van der Waals surface area contributed by atoms with E-state index in [1.165, 1.54) is 7.11 Å². The molecule has 0 aliphatic carbocycles. The molecule has 0 saturated heterocycles. The number of fused-ring (bicyclic) bond motifs is 1. The molecule has 5 heteroatoms. The Morgan fingerprint density at radius 3 is 2.42 bits per heavy atom. The van der Waals surface area contributed by atoms with Crippen LogP contribution in [0.25, 0.3) is 22.0 Å². The van der Waals surface area contributed by atoms with Crippen molar-refractivity contribution >= 4 is 10.9 Å². The fourth-order valence-corrected chi connectivity index (χ4v) is 2.77. The van der Waals surface area contributed by atoms with Crippen LogP contribution in [0.2, 0.25) is 0 Å². The monoisotopic (exact) mass is 320 g/mol. The van der Waals surface area contributed by atoms with Gasteiger partial charge < -0.3 is 14.2 Å². The van der Waals surface area contributed by atoms with Crippen LogP contribution in [-0.2, 0) is 0 Å². The zero-order valence-electron chi connectivity index (χ0n) is 13.7. The molecule has 0 radical (unpaired) electrons. The van der Waals surface area contributed by atoms with E-state index in [0.29, 0.717) is 22.8 Å². The Bertz CT molecular complexity index is 945. The van der Waals surface area contributed by atoms with E-state index in [1.54, 1.807) is 26.5 Å². The Hall–Kier alpha value is -3.26. The lowest BCUT2D eigenvalue weighted by Gasteiger charge is -2.14. The standard InChI is InChI=1S/C19H16N2O3/c1-22-16-7-6-14(15-5-4-8-21-18(15)16)12-9-13(11-20)19(24-3)17(10-12)23-2/h4-10H,1-3H3. The van der Waals surface area contributed by atoms with Gasteiger partial charge in [0.1, 0.15) is 17.3 Å². The minimum Gasteiger partial charge on any atom is -0.494 e. The van der Waals surface area contributed by atoms with Crippen LogP contribution in [0.3, 0.4) is 0 Å². The molecular formula is C19H16N2O3. The van der Waals surface area contributed by atoms with Gasteiger partial charge in [0.2, 0.25) is 0 Å². The first-order valence-electron chi connectivity index (χ1n) is 7.31. The average molecular weight is 320 g/mol. The van der Waals surface area contributed by atoms with Gasteiger partial charge in [0.15, 0.2) is 11.5 Å². The first-order chi connectivity index (χ1) is 11.7. The normalized spacial score (nSPS) is 10.2. The number of benzene rings is 2. The molecule has 0 unspecified atom stereocenters. The average Bonchev–Trinajstić information content (AvgIpc) is 2.65. The van der Waals surface area contributed by atoms with E-state index in [4.69, 9.17) is 14.2 Å². The van der Waals surface area contributed by atoms with E-state index in [-0.39, 0.29) is 0 Å². The van der Waals surface area contributed by atoms with E-state index in [1.807, 2.05) is 30.3 Å². The SMILES string of the molecule is COc1cc(-c2ccc(OC)c3ncccc23)cc(C#N)c1OC. The van der Waals surface area contributed by atoms with Gasteiger partial charge in [0.25, 0.3) is 0 Å². The zero-order valence-corrected chi connectivity index (χ0v) is 13.7. The van der Waals surface area contributed by atoms with Crippen molar-refractivity contribution in [1.82, 2.24) is 4.98 Å². The second-order valence-electron chi connectivity index (χ2n) is 5.09. The van der Waals surface area contributed by atoms with Gasteiger partial charge >= 0.3 is 0 Å². The molecule has 2 aromatic carbocycles. The Kier molecular flexibility index (Phi) is 4.21. The minimum absolute atomic E-state index is 0.416. The van der Waals surface area contributed by atoms with Crippen LogP contribution in [0.1, 0.15) is 5.56 Å². The molecule has 5 nitrogen and oxygen atoms in total. The van der Waals surface area contributed by atoms with Crippen LogP contribution in [0.5, 0.6) is 17.2 Å². The van der Waals surface area contributed by atoms with Crippen molar-refractivity contribution in [3.8, 4) is 34.4 Å². The molecule has 0 aliphatic heterocycles. The van der Waals surface area contributed by atoms with Crippen LogP contribution in [-0.4, -0.2) is 26.3 Å². The van der Waals surface area contributed by atoms with Crippen molar-refractivity contribution in [1.29, 1.82) is 5.26 Å². The van der Waals surface area contributed by atoms with E-state index in [9.17, 15) is 5.26 Å². The van der Waals surface area contributed by atoms with Crippen molar-refractivity contribution in [3.05, 3.63) is 48.2 Å². The van der Waals surface area contributed by atoms with Crippen LogP contribution < -0.4 is 14.2 Å². The second kappa shape index (κ2) is 6.47. The number of methoxy groups -OCH3 is 3. The maximum Gasteiger partial charge on any atom is 0.178 e. The number of pyridine rings is 1. The molecular weight excluding hydrogens is 304 g/mol. The molecule has 0 fully saturated rings. The minimum atomic E-state index is 0.416. The number of rotatable bonds is 4. The lowest BCUT2D eigenvalue weighted by atomic mass is 9.98. The van der Waals surface area contributed by atoms with Gasteiger partial charge in [0, 0.05) is 11.6 Å².